The van der Waals surface area contributed by atoms with Crippen molar-refractivity contribution < 1.29 is 4.74 Å². The lowest BCUT2D eigenvalue weighted by molar-refractivity contribution is 0.142. The maximum absolute atomic E-state index is 6.00. The van der Waals surface area contributed by atoms with Crippen molar-refractivity contribution >= 4 is 11.6 Å². The topological polar surface area (TPSA) is 62.9 Å². The van der Waals surface area contributed by atoms with E-state index in [-0.39, 0.29) is 0 Å². The SMILES string of the molecule is COc1ccccc1NC(N)=NCC(C)N1CCCC(C)C1. The van der Waals surface area contributed by atoms with Crippen molar-refractivity contribution in [2.24, 2.45) is 16.6 Å². The third kappa shape index (κ3) is 4.63. The van der Waals surface area contributed by atoms with Crippen LogP contribution in [0.25, 0.3) is 0 Å². The molecule has 5 nitrogen and oxygen atoms in total. The van der Waals surface area contributed by atoms with Crippen molar-refractivity contribution in [3.63, 3.8) is 0 Å². The molecule has 22 heavy (non-hydrogen) atoms. The average molecular weight is 304 g/mol. The van der Waals surface area contributed by atoms with Crippen LogP contribution in [0.5, 0.6) is 5.75 Å². The lowest BCUT2D eigenvalue weighted by Gasteiger charge is -2.34. The summed E-state index contributed by atoms with van der Waals surface area (Å²) >= 11 is 0. The Balaban J connectivity index is 1.89. The molecular weight excluding hydrogens is 276 g/mol. The number of nitrogens with zero attached hydrogens (tertiary/aromatic N) is 2. The number of nitrogens with one attached hydrogen (secondary N) is 1. The standard InChI is InChI=1S/C17H28N4O/c1-13-7-6-10-21(12-13)14(2)11-19-17(18)20-15-8-4-5-9-16(15)22-3/h4-5,8-9,13-14H,6-7,10-12H2,1-3H3,(H3,18,19,20). The Hall–Kier alpha value is -1.75. The van der Waals surface area contributed by atoms with E-state index in [1.54, 1.807) is 7.11 Å². The van der Waals surface area contributed by atoms with Crippen LogP contribution < -0.4 is 15.8 Å². The van der Waals surface area contributed by atoms with Crippen molar-refractivity contribution in [3.05, 3.63) is 24.3 Å². The fourth-order valence-electron chi connectivity index (χ4n) is 2.90. The zero-order chi connectivity index (χ0) is 15.9. The van der Waals surface area contributed by atoms with E-state index in [1.807, 2.05) is 24.3 Å². The quantitative estimate of drug-likeness (QED) is 0.648. The number of nitrogens with two attached hydrogens (primary N) is 1. The van der Waals surface area contributed by atoms with Gasteiger partial charge in [0.15, 0.2) is 5.96 Å². The van der Waals surface area contributed by atoms with Crippen LogP contribution in [0.2, 0.25) is 0 Å². The van der Waals surface area contributed by atoms with Crippen LogP contribution in [-0.4, -0.2) is 43.6 Å². The van der Waals surface area contributed by atoms with Crippen LogP contribution in [-0.2, 0) is 0 Å². The molecule has 0 spiro atoms. The summed E-state index contributed by atoms with van der Waals surface area (Å²) in [4.78, 5) is 6.99. The largest absolute Gasteiger partial charge is 0.495 e. The lowest BCUT2D eigenvalue weighted by atomic mass is 9.99. The zero-order valence-electron chi connectivity index (χ0n) is 13.9. The molecule has 1 heterocycles. The zero-order valence-corrected chi connectivity index (χ0v) is 13.9. The highest BCUT2D eigenvalue weighted by Crippen LogP contribution is 2.22. The van der Waals surface area contributed by atoms with Gasteiger partial charge in [0.05, 0.1) is 19.3 Å². The van der Waals surface area contributed by atoms with Crippen molar-refractivity contribution in [3.8, 4) is 5.75 Å². The fraction of sp³-hybridized carbons (Fsp3) is 0.588. The van der Waals surface area contributed by atoms with Gasteiger partial charge in [-0.05, 0) is 44.4 Å². The number of benzene rings is 1. The molecule has 1 aromatic carbocycles. The van der Waals surface area contributed by atoms with E-state index in [2.05, 4.69) is 29.1 Å². The van der Waals surface area contributed by atoms with Gasteiger partial charge >= 0.3 is 0 Å². The van der Waals surface area contributed by atoms with Gasteiger partial charge in [-0.3, -0.25) is 9.89 Å². The molecule has 1 fully saturated rings. The average Bonchev–Trinajstić information content (AvgIpc) is 2.53. The normalized spacial score (nSPS) is 21.4. The molecule has 1 aliphatic rings. The number of para-hydroxylation sites is 2. The Morgan fingerprint density at radius 3 is 3.00 bits per heavy atom. The van der Waals surface area contributed by atoms with E-state index in [0.29, 0.717) is 18.5 Å². The Kier molecular flexibility index (Phi) is 6.07. The maximum Gasteiger partial charge on any atom is 0.193 e. The summed E-state index contributed by atoms with van der Waals surface area (Å²) in [7, 11) is 1.65. The molecule has 0 bridgehead atoms. The summed E-state index contributed by atoms with van der Waals surface area (Å²) in [5.41, 5.74) is 6.84. The third-order valence-electron chi connectivity index (χ3n) is 4.21. The van der Waals surface area contributed by atoms with Crippen LogP contribution in [0, 0.1) is 5.92 Å². The molecule has 1 saturated heterocycles. The predicted molar refractivity (Wildman–Crippen MR) is 92.5 cm³/mol. The van der Waals surface area contributed by atoms with Crippen LogP contribution in [0.1, 0.15) is 26.7 Å². The Morgan fingerprint density at radius 1 is 1.50 bits per heavy atom. The minimum absolute atomic E-state index is 0.417. The Morgan fingerprint density at radius 2 is 2.27 bits per heavy atom. The number of anilines is 1. The van der Waals surface area contributed by atoms with E-state index in [9.17, 15) is 0 Å². The number of aliphatic imine (C=N–C) groups is 1. The van der Waals surface area contributed by atoms with Crippen molar-refractivity contribution in [2.45, 2.75) is 32.7 Å². The fourth-order valence-corrected chi connectivity index (χ4v) is 2.90. The number of hydrogen-bond donors (Lipinski definition) is 2. The van der Waals surface area contributed by atoms with Crippen molar-refractivity contribution in [1.82, 2.24) is 4.90 Å². The summed E-state index contributed by atoms with van der Waals surface area (Å²) in [5, 5.41) is 3.11. The predicted octanol–water partition coefficient (Wildman–Crippen LogP) is 2.54. The van der Waals surface area contributed by atoms with E-state index in [0.717, 1.165) is 23.9 Å². The molecule has 0 aromatic heterocycles. The van der Waals surface area contributed by atoms with Crippen molar-refractivity contribution in [2.75, 3.05) is 32.1 Å². The molecule has 2 rings (SSSR count). The van der Waals surface area contributed by atoms with Gasteiger partial charge in [0.1, 0.15) is 5.75 Å². The maximum atomic E-state index is 6.00. The van der Waals surface area contributed by atoms with Gasteiger partial charge in [-0.15, -0.1) is 0 Å². The van der Waals surface area contributed by atoms with Gasteiger partial charge in [-0.2, -0.15) is 0 Å². The van der Waals surface area contributed by atoms with E-state index in [4.69, 9.17) is 10.5 Å². The molecule has 1 aromatic rings. The van der Waals surface area contributed by atoms with Gasteiger partial charge < -0.3 is 15.8 Å². The molecule has 0 amide bonds. The third-order valence-corrected chi connectivity index (χ3v) is 4.21. The van der Waals surface area contributed by atoms with Crippen LogP contribution in [0.15, 0.2) is 29.3 Å². The second-order valence-corrected chi connectivity index (χ2v) is 6.14. The lowest BCUT2D eigenvalue weighted by Crippen LogP contribution is -2.42. The summed E-state index contributed by atoms with van der Waals surface area (Å²) in [6, 6.07) is 8.11. The summed E-state index contributed by atoms with van der Waals surface area (Å²) in [6.07, 6.45) is 2.62. The Labute approximate surface area is 133 Å². The first-order valence-electron chi connectivity index (χ1n) is 8.04. The van der Waals surface area contributed by atoms with E-state index >= 15 is 0 Å². The minimum atomic E-state index is 0.417. The molecule has 2 unspecified atom stereocenters. The Bertz CT molecular complexity index is 503. The van der Waals surface area contributed by atoms with Crippen LogP contribution in [0.3, 0.4) is 0 Å². The van der Waals surface area contributed by atoms with E-state index in [1.165, 1.54) is 19.4 Å². The van der Waals surface area contributed by atoms with Gasteiger partial charge in [0, 0.05) is 12.6 Å². The highest BCUT2D eigenvalue weighted by atomic mass is 16.5. The summed E-state index contributed by atoms with van der Waals surface area (Å²) in [6.45, 7) is 7.58. The first-order valence-corrected chi connectivity index (χ1v) is 8.04. The first-order chi connectivity index (χ1) is 10.6. The minimum Gasteiger partial charge on any atom is -0.495 e. The molecule has 0 saturated carbocycles. The molecule has 2 atom stereocenters. The van der Waals surface area contributed by atoms with Crippen LogP contribution >= 0.6 is 0 Å². The number of hydrogen-bond acceptors (Lipinski definition) is 3. The van der Waals surface area contributed by atoms with Gasteiger partial charge in [-0.25, -0.2) is 0 Å². The number of piperidine rings is 1. The van der Waals surface area contributed by atoms with Crippen molar-refractivity contribution in [1.29, 1.82) is 0 Å². The molecule has 0 radical (unpaired) electrons. The number of rotatable bonds is 5. The molecule has 5 heteroatoms. The highest BCUT2D eigenvalue weighted by molar-refractivity contribution is 5.93. The molecule has 1 aliphatic heterocycles. The number of methoxy groups -OCH3 is 1. The number of guanidine groups is 1. The van der Waals surface area contributed by atoms with E-state index < -0.39 is 0 Å². The molecular formula is C17H28N4O. The highest BCUT2D eigenvalue weighted by Gasteiger charge is 2.20. The second kappa shape index (κ2) is 8.03. The summed E-state index contributed by atoms with van der Waals surface area (Å²) < 4.78 is 5.30. The molecule has 0 aliphatic carbocycles. The van der Waals surface area contributed by atoms with Gasteiger partial charge in [-0.1, -0.05) is 19.1 Å². The number of likely N-dealkylation sites (tertiary alicyclic amines) is 1. The second-order valence-electron chi connectivity index (χ2n) is 6.14. The van der Waals surface area contributed by atoms with Crippen LogP contribution in [0.4, 0.5) is 5.69 Å². The van der Waals surface area contributed by atoms with Gasteiger partial charge in [0.25, 0.3) is 0 Å². The monoisotopic (exact) mass is 304 g/mol. The van der Waals surface area contributed by atoms with Gasteiger partial charge in [0.2, 0.25) is 0 Å². The smallest absolute Gasteiger partial charge is 0.193 e. The number of ether oxygens (including phenoxy) is 1. The summed E-state index contributed by atoms with van der Waals surface area (Å²) in [5.74, 6) is 1.98. The molecule has 122 valence electrons. The first kappa shape index (κ1) is 16.6. The molecule has 3 N–H and O–H groups in total.